The van der Waals surface area contributed by atoms with Crippen LogP contribution in [-0.2, 0) is 0 Å². The maximum absolute atomic E-state index is 9.03. The predicted molar refractivity (Wildman–Crippen MR) is 51.7 cm³/mol. The van der Waals surface area contributed by atoms with E-state index in [1.807, 2.05) is 19.9 Å². The molecule has 1 heterocycles. The first kappa shape index (κ1) is 9.92. The molecule has 1 aromatic rings. The molecule has 1 rings (SSSR count). The van der Waals surface area contributed by atoms with Gasteiger partial charge < -0.3 is 10.4 Å². The van der Waals surface area contributed by atoms with Gasteiger partial charge in [0.2, 0.25) is 5.95 Å². The number of aliphatic hydroxyl groups excluding tert-OH is 1. The predicted octanol–water partition coefficient (Wildman–Crippen LogP) is 0.886. The summed E-state index contributed by atoms with van der Waals surface area (Å²) in [6, 6.07) is 1.91. The highest BCUT2D eigenvalue weighted by molar-refractivity contribution is 5.27. The third-order valence-corrected chi connectivity index (χ3v) is 1.54. The van der Waals surface area contributed by atoms with Crippen LogP contribution in [0, 0.1) is 13.8 Å². The molecule has 0 saturated carbocycles. The normalized spacial score (nSPS) is 12.6. The molecule has 0 radical (unpaired) electrons. The van der Waals surface area contributed by atoms with Crippen molar-refractivity contribution in [3.63, 3.8) is 0 Å². The van der Waals surface area contributed by atoms with Crippen molar-refractivity contribution < 1.29 is 5.11 Å². The van der Waals surface area contributed by atoms with Crippen molar-refractivity contribution in [3.8, 4) is 0 Å². The Labute approximate surface area is 78.0 Å². The second kappa shape index (κ2) is 4.18. The van der Waals surface area contributed by atoms with Gasteiger partial charge in [-0.05, 0) is 26.8 Å². The second-order valence-corrected chi connectivity index (χ2v) is 3.20. The zero-order chi connectivity index (χ0) is 9.84. The molecule has 0 bridgehead atoms. The molecule has 0 amide bonds. The number of aromatic nitrogens is 2. The Balaban J connectivity index is 2.66. The Morgan fingerprint density at radius 1 is 1.38 bits per heavy atom. The van der Waals surface area contributed by atoms with E-state index in [2.05, 4.69) is 15.3 Å². The van der Waals surface area contributed by atoms with Crippen LogP contribution in [0.15, 0.2) is 6.07 Å². The molecular weight excluding hydrogens is 166 g/mol. The topological polar surface area (TPSA) is 58.0 Å². The van der Waals surface area contributed by atoms with Gasteiger partial charge in [-0.25, -0.2) is 9.97 Å². The van der Waals surface area contributed by atoms with Gasteiger partial charge >= 0.3 is 0 Å². The monoisotopic (exact) mass is 181 g/mol. The molecule has 1 atom stereocenters. The fourth-order valence-corrected chi connectivity index (χ4v) is 1.04. The number of rotatable bonds is 3. The summed E-state index contributed by atoms with van der Waals surface area (Å²) in [5, 5.41) is 12.0. The molecular formula is C9H15N3O. The molecule has 0 aliphatic rings. The third kappa shape index (κ3) is 3.38. The largest absolute Gasteiger partial charge is 0.392 e. The minimum Gasteiger partial charge on any atom is -0.392 e. The summed E-state index contributed by atoms with van der Waals surface area (Å²) >= 11 is 0. The molecule has 0 fully saturated rings. The van der Waals surface area contributed by atoms with Gasteiger partial charge in [-0.15, -0.1) is 0 Å². The van der Waals surface area contributed by atoms with E-state index < -0.39 is 0 Å². The minimum absolute atomic E-state index is 0.385. The van der Waals surface area contributed by atoms with Gasteiger partial charge in [-0.2, -0.15) is 0 Å². The fourth-order valence-electron chi connectivity index (χ4n) is 1.04. The summed E-state index contributed by atoms with van der Waals surface area (Å²) in [5.74, 6) is 0.582. The lowest BCUT2D eigenvalue weighted by Crippen LogP contribution is -2.17. The van der Waals surface area contributed by atoms with E-state index in [-0.39, 0.29) is 6.10 Å². The lowest BCUT2D eigenvalue weighted by Gasteiger charge is -2.07. The Morgan fingerprint density at radius 2 is 1.92 bits per heavy atom. The number of aliphatic hydroxyl groups is 1. The smallest absolute Gasteiger partial charge is 0.223 e. The van der Waals surface area contributed by atoms with Gasteiger partial charge in [0.1, 0.15) is 0 Å². The Morgan fingerprint density at radius 3 is 2.38 bits per heavy atom. The minimum atomic E-state index is -0.385. The molecule has 2 N–H and O–H groups in total. The average Bonchev–Trinajstić information content (AvgIpc) is 1.99. The van der Waals surface area contributed by atoms with Crippen LogP contribution >= 0.6 is 0 Å². The summed E-state index contributed by atoms with van der Waals surface area (Å²) in [6.07, 6.45) is -0.385. The number of hydrogen-bond donors (Lipinski definition) is 2. The number of nitrogens with zero attached hydrogens (tertiary/aromatic N) is 2. The van der Waals surface area contributed by atoms with Crippen LogP contribution < -0.4 is 5.32 Å². The number of nitrogens with one attached hydrogen (secondary N) is 1. The van der Waals surface area contributed by atoms with E-state index >= 15 is 0 Å². The lowest BCUT2D eigenvalue weighted by atomic mass is 10.3. The van der Waals surface area contributed by atoms with E-state index in [1.165, 1.54) is 0 Å². The van der Waals surface area contributed by atoms with Crippen molar-refractivity contribution in [2.24, 2.45) is 0 Å². The maximum atomic E-state index is 9.03. The van der Waals surface area contributed by atoms with Gasteiger partial charge in [0.25, 0.3) is 0 Å². The lowest BCUT2D eigenvalue weighted by molar-refractivity contribution is 0.208. The van der Waals surface area contributed by atoms with E-state index in [4.69, 9.17) is 5.11 Å². The van der Waals surface area contributed by atoms with Gasteiger partial charge in [-0.1, -0.05) is 0 Å². The van der Waals surface area contributed by atoms with Crippen LogP contribution in [0.3, 0.4) is 0 Å². The molecule has 72 valence electrons. The van der Waals surface area contributed by atoms with Crippen LogP contribution in [0.5, 0.6) is 0 Å². The first-order valence-corrected chi connectivity index (χ1v) is 4.32. The molecule has 4 nitrogen and oxygen atoms in total. The van der Waals surface area contributed by atoms with Crippen LogP contribution in [0.2, 0.25) is 0 Å². The van der Waals surface area contributed by atoms with Gasteiger partial charge in [0, 0.05) is 17.9 Å². The molecule has 1 aromatic heterocycles. The van der Waals surface area contributed by atoms with Crippen molar-refractivity contribution in [2.75, 3.05) is 11.9 Å². The quantitative estimate of drug-likeness (QED) is 0.727. The maximum Gasteiger partial charge on any atom is 0.223 e. The molecule has 0 spiro atoms. The van der Waals surface area contributed by atoms with Crippen molar-refractivity contribution >= 4 is 5.95 Å². The van der Waals surface area contributed by atoms with E-state index in [1.54, 1.807) is 6.92 Å². The van der Waals surface area contributed by atoms with E-state index in [9.17, 15) is 0 Å². The molecule has 13 heavy (non-hydrogen) atoms. The number of anilines is 1. The second-order valence-electron chi connectivity index (χ2n) is 3.20. The Hall–Kier alpha value is -1.16. The van der Waals surface area contributed by atoms with E-state index in [0.29, 0.717) is 12.5 Å². The first-order chi connectivity index (χ1) is 6.08. The van der Waals surface area contributed by atoms with Crippen LogP contribution in [-0.4, -0.2) is 27.7 Å². The van der Waals surface area contributed by atoms with Gasteiger partial charge in [0.05, 0.1) is 6.10 Å². The Bertz CT molecular complexity index is 266. The van der Waals surface area contributed by atoms with Crippen molar-refractivity contribution in [1.29, 1.82) is 0 Å². The van der Waals surface area contributed by atoms with Crippen LogP contribution in [0.4, 0.5) is 5.95 Å². The van der Waals surface area contributed by atoms with Gasteiger partial charge in [-0.3, -0.25) is 0 Å². The average molecular weight is 181 g/mol. The molecule has 0 aliphatic carbocycles. The van der Waals surface area contributed by atoms with Crippen molar-refractivity contribution in [2.45, 2.75) is 26.9 Å². The van der Waals surface area contributed by atoms with Crippen molar-refractivity contribution in [3.05, 3.63) is 17.5 Å². The number of hydrogen-bond acceptors (Lipinski definition) is 4. The standard InChI is InChI=1S/C9H15N3O/c1-6-4-7(2)12-9(11-6)10-5-8(3)13/h4,8,13H,5H2,1-3H3,(H,10,11,12). The van der Waals surface area contributed by atoms with Crippen LogP contribution in [0.1, 0.15) is 18.3 Å². The van der Waals surface area contributed by atoms with E-state index in [0.717, 1.165) is 11.4 Å². The third-order valence-electron chi connectivity index (χ3n) is 1.54. The zero-order valence-corrected chi connectivity index (χ0v) is 8.20. The first-order valence-electron chi connectivity index (χ1n) is 4.32. The summed E-state index contributed by atoms with van der Waals surface area (Å²) in [4.78, 5) is 8.35. The van der Waals surface area contributed by atoms with Crippen LogP contribution in [0.25, 0.3) is 0 Å². The SMILES string of the molecule is Cc1cc(C)nc(NCC(C)O)n1. The molecule has 1 unspecified atom stereocenters. The summed E-state index contributed by atoms with van der Waals surface area (Å²) in [6.45, 7) is 6.03. The summed E-state index contributed by atoms with van der Waals surface area (Å²) < 4.78 is 0. The van der Waals surface area contributed by atoms with Gasteiger partial charge in [0.15, 0.2) is 0 Å². The highest BCUT2D eigenvalue weighted by atomic mass is 16.3. The molecule has 4 heteroatoms. The fraction of sp³-hybridized carbons (Fsp3) is 0.556. The molecule has 0 aliphatic heterocycles. The zero-order valence-electron chi connectivity index (χ0n) is 8.20. The summed E-state index contributed by atoms with van der Waals surface area (Å²) in [5.41, 5.74) is 1.86. The van der Waals surface area contributed by atoms with Crippen molar-refractivity contribution in [1.82, 2.24) is 9.97 Å². The Kier molecular flexibility index (Phi) is 3.19. The molecule has 0 saturated heterocycles. The number of aryl methyl sites for hydroxylation is 2. The summed E-state index contributed by atoms with van der Waals surface area (Å²) in [7, 11) is 0. The highest BCUT2D eigenvalue weighted by Gasteiger charge is 2.00. The highest BCUT2D eigenvalue weighted by Crippen LogP contribution is 2.03. The molecule has 0 aromatic carbocycles.